The number of halogens is 3. The Morgan fingerprint density at radius 1 is 1.17 bits per heavy atom. The van der Waals surface area contributed by atoms with E-state index in [1.165, 1.54) is 12.1 Å². The fourth-order valence-corrected chi connectivity index (χ4v) is 2.36. The SMILES string of the molecule is CC(=NNC(=O)COc1cc(Cl)c(Cl)cc1Cl)c1cccc(N)c1. The van der Waals surface area contributed by atoms with Crippen LogP contribution in [0.1, 0.15) is 12.5 Å². The molecule has 0 heterocycles. The molecule has 0 saturated carbocycles. The van der Waals surface area contributed by atoms with E-state index >= 15 is 0 Å². The topological polar surface area (TPSA) is 76.7 Å². The molecule has 0 aromatic heterocycles. The number of nitrogens with zero attached hydrogens (tertiary/aromatic N) is 1. The molecular formula is C16H14Cl3N3O2. The van der Waals surface area contributed by atoms with Gasteiger partial charge in [-0.2, -0.15) is 5.10 Å². The smallest absolute Gasteiger partial charge is 0.277 e. The summed E-state index contributed by atoms with van der Waals surface area (Å²) < 4.78 is 5.32. The van der Waals surface area contributed by atoms with Crippen molar-refractivity contribution in [2.24, 2.45) is 5.10 Å². The van der Waals surface area contributed by atoms with Gasteiger partial charge < -0.3 is 10.5 Å². The molecule has 24 heavy (non-hydrogen) atoms. The van der Waals surface area contributed by atoms with Crippen LogP contribution in [-0.4, -0.2) is 18.2 Å². The highest BCUT2D eigenvalue weighted by Crippen LogP contribution is 2.33. The Kier molecular flexibility index (Phi) is 6.31. The molecule has 0 spiro atoms. The van der Waals surface area contributed by atoms with E-state index in [4.69, 9.17) is 45.3 Å². The molecular weight excluding hydrogens is 373 g/mol. The van der Waals surface area contributed by atoms with Crippen molar-refractivity contribution < 1.29 is 9.53 Å². The van der Waals surface area contributed by atoms with Gasteiger partial charge in [0.25, 0.3) is 5.91 Å². The quantitative estimate of drug-likeness (QED) is 0.351. The van der Waals surface area contributed by atoms with Gasteiger partial charge in [-0.15, -0.1) is 0 Å². The number of nitrogen functional groups attached to an aromatic ring is 1. The number of nitrogens with one attached hydrogen (secondary N) is 1. The summed E-state index contributed by atoms with van der Waals surface area (Å²) in [5, 5.41) is 4.85. The molecule has 0 atom stereocenters. The highest BCUT2D eigenvalue weighted by Gasteiger charge is 2.09. The number of nitrogens with two attached hydrogens (primary N) is 1. The van der Waals surface area contributed by atoms with E-state index in [2.05, 4.69) is 10.5 Å². The second-order valence-corrected chi connectivity index (χ2v) is 6.06. The van der Waals surface area contributed by atoms with Crippen molar-refractivity contribution in [3.63, 3.8) is 0 Å². The van der Waals surface area contributed by atoms with Gasteiger partial charge in [0.15, 0.2) is 6.61 Å². The van der Waals surface area contributed by atoms with Crippen LogP contribution < -0.4 is 15.9 Å². The van der Waals surface area contributed by atoms with E-state index < -0.39 is 5.91 Å². The molecule has 2 aromatic carbocycles. The van der Waals surface area contributed by atoms with Crippen LogP contribution in [0.15, 0.2) is 41.5 Å². The van der Waals surface area contributed by atoms with Gasteiger partial charge in [-0.05, 0) is 30.7 Å². The van der Waals surface area contributed by atoms with Crippen molar-refractivity contribution in [2.75, 3.05) is 12.3 Å². The summed E-state index contributed by atoms with van der Waals surface area (Å²) in [6.45, 7) is 1.48. The molecule has 5 nitrogen and oxygen atoms in total. The number of anilines is 1. The van der Waals surface area contributed by atoms with E-state index in [0.717, 1.165) is 5.56 Å². The zero-order valence-electron chi connectivity index (χ0n) is 12.6. The minimum absolute atomic E-state index is 0.261. The third-order valence-corrected chi connectivity index (χ3v) is 4.00. The predicted octanol–water partition coefficient (Wildman–Crippen LogP) is 4.15. The fourth-order valence-electron chi connectivity index (χ4n) is 1.76. The monoisotopic (exact) mass is 385 g/mol. The molecule has 2 aromatic rings. The Balaban J connectivity index is 1.94. The maximum Gasteiger partial charge on any atom is 0.277 e. The van der Waals surface area contributed by atoms with Gasteiger partial charge in [0.1, 0.15) is 5.75 Å². The number of ether oxygens (including phenoxy) is 1. The first kappa shape index (κ1) is 18.4. The highest BCUT2D eigenvalue weighted by molar-refractivity contribution is 6.43. The van der Waals surface area contributed by atoms with Gasteiger partial charge in [-0.1, -0.05) is 46.9 Å². The second-order valence-electron chi connectivity index (χ2n) is 4.84. The van der Waals surface area contributed by atoms with Crippen LogP contribution in [0.3, 0.4) is 0 Å². The van der Waals surface area contributed by atoms with Gasteiger partial charge in [0, 0.05) is 11.8 Å². The molecule has 0 fully saturated rings. The lowest BCUT2D eigenvalue weighted by atomic mass is 10.1. The molecule has 0 aliphatic rings. The lowest BCUT2D eigenvalue weighted by Crippen LogP contribution is -2.25. The van der Waals surface area contributed by atoms with Crippen molar-refractivity contribution >= 4 is 52.1 Å². The summed E-state index contributed by atoms with van der Waals surface area (Å²) in [7, 11) is 0. The summed E-state index contributed by atoms with van der Waals surface area (Å²) in [4.78, 5) is 11.8. The number of benzene rings is 2. The van der Waals surface area contributed by atoms with Crippen molar-refractivity contribution in [3.05, 3.63) is 57.0 Å². The first-order valence-electron chi connectivity index (χ1n) is 6.83. The molecule has 0 aliphatic heterocycles. The molecule has 0 bridgehead atoms. The van der Waals surface area contributed by atoms with E-state index in [-0.39, 0.29) is 22.4 Å². The van der Waals surface area contributed by atoms with Crippen LogP contribution in [-0.2, 0) is 4.79 Å². The summed E-state index contributed by atoms with van der Waals surface area (Å²) in [5.41, 5.74) is 10.1. The summed E-state index contributed by atoms with van der Waals surface area (Å²) in [5.74, 6) is -0.182. The Morgan fingerprint density at radius 3 is 2.58 bits per heavy atom. The number of carbonyl (C=O) groups is 1. The molecule has 1 amide bonds. The number of hydrazone groups is 1. The first-order valence-corrected chi connectivity index (χ1v) is 7.96. The van der Waals surface area contributed by atoms with Crippen molar-refractivity contribution in [3.8, 4) is 5.75 Å². The van der Waals surface area contributed by atoms with E-state index in [1.807, 2.05) is 6.07 Å². The Bertz CT molecular complexity index is 794. The molecule has 0 aliphatic carbocycles. The van der Waals surface area contributed by atoms with Crippen LogP contribution in [0.25, 0.3) is 0 Å². The normalized spacial score (nSPS) is 11.2. The lowest BCUT2D eigenvalue weighted by molar-refractivity contribution is -0.123. The third kappa shape index (κ3) is 5.03. The van der Waals surface area contributed by atoms with Crippen molar-refractivity contribution in [1.29, 1.82) is 0 Å². The average Bonchev–Trinajstić information content (AvgIpc) is 2.54. The maximum absolute atomic E-state index is 11.8. The van der Waals surface area contributed by atoms with Crippen molar-refractivity contribution in [1.82, 2.24) is 5.43 Å². The minimum Gasteiger partial charge on any atom is -0.482 e. The van der Waals surface area contributed by atoms with Crippen LogP contribution in [0, 0.1) is 0 Å². The average molecular weight is 387 g/mol. The second kappa shape index (κ2) is 8.24. The van der Waals surface area contributed by atoms with Gasteiger partial charge in [0.2, 0.25) is 0 Å². The van der Waals surface area contributed by atoms with Crippen LogP contribution in [0.2, 0.25) is 15.1 Å². The molecule has 0 unspecified atom stereocenters. The first-order chi connectivity index (χ1) is 11.4. The van der Waals surface area contributed by atoms with Crippen LogP contribution >= 0.6 is 34.8 Å². The van der Waals surface area contributed by atoms with E-state index in [9.17, 15) is 4.79 Å². The van der Waals surface area contributed by atoms with E-state index in [1.54, 1.807) is 25.1 Å². The number of amides is 1. The largest absolute Gasteiger partial charge is 0.482 e. The molecule has 126 valence electrons. The maximum atomic E-state index is 11.8. The zero-order valence-corrected chi connectivity index (χ0v) is 14.9. The minimum atomic E-state index is -0.444. The standard InChI is InChI=1S/C16H14Cl3N3O2/c1-9(10-3-2-4-11(20)5-10)21-22-16(23)8-24-15-7-13(18)12(17)6-14(15)19/h2-7H,8,20H2,1H3,(H,22,23). The Hall–Kier alpha value is -1.95. The molecule has 3 N–H and O–H groups in total. The highest BCUT2D eigenvalue weighted by atomic mass is 35.5. The molecule has 0 radical (unpaired) electrons. The van der Waals surface area contributed by atoms with Gasteiger partial charge in [-0.25, -0.2) is 5.43 Å². The third-order valence-electron chi connectivity index (χ3n) is 2.99. The summed E-state index contributed by atoms with van der Waals surface area (Å²) in [6, 6.07) is 10.1. The number of hydrogen-bond acceptors (Lipinski definition) is 4. The molecule has 2 rings (SSSR count). The molecule has 8 heteroatoms. The summed E-state index contributed by atoms with van der Waals surface area (Å²) >= 11 is 17.7. The number of hydrogen-bond donors (Lipinski definition) is 2. The lowest BCUT2D eigenvalue weighted by Gasteiger charge is -2.09. The zero-order chi connectivity index (χ0) is 17.7. The van der Waals surface area contributed by atoms with Crippen LogP contribution in [0.4, 0.5) is 5.69 Å². The van der Waals surface area contributed by atoms with Crippen molar-refractivity contribution in [2.45, 2.75) is 6.92 Å². The Morgan fingerprint density at radius 2 is 1.88 bits per heavy atom. The summed E-state index contributed by atoms with van der Waals surface area (Å²) in [6.07, 6.45) is 0. The fraction of sp³-hybridized carbons (Fsp3) is 0.125. The van der Waals surface area contributed by atoms with E-state index in [0.29, 0.717) is 16.4 Å². The van der Waals surface area contributed by atoms with Gasteiger partial charge in [-0.3, -0.25) is 4.79 Å². The number of rotatable bonds is 5. The predicted molar refractivity (Wildman–Crippen MR) is 98.2 cm³/mol. The molecule has 0 saturated heterocycles. The Labute approximate surface area is 154 Å². The number of carbonyl (C=O) groups excluding carboxylic acids is 1. The van der Waals surface area contributed by atoms with Crippen LogP contribution in [0.5, 0.6) is 5.75 Å². The van der Waals surface area contributed by atoms with Gasteiger partial charge in [0.05, 0.1) is 20.8 Å². The van der Waals surface area contributed by atoms with Gasteiger partial charge >= 0.3 is 0 Å².